The molecule has 0 aromatic carbocycles. The smallest absolute Gasteiger partial charge is 0.268 e. The third kappa shape index (κ3) is 3.56. The van der Waals surface area contributed by atoms with Crippen molar-refractivity contribution in [1.29, 1.82) is 0 Å². The predicted octanol–water partition coefficient (Wildman–Crippen LogP) is -0.416. The molecule has 0 radical (unpaired) electrons. The Balaban J connectivity index is 2.86. The molecule has 0 atom stereocenters. The fourth-order valence-corrected chi connectivity index (χ4v) is 2.33. The van der Waals surface area contributed by atoms with Crippen molar-refractivity contribution in [3.8, 4) is 0 Å². The molecule has 18 heavy (non-hydrogen) atoms. The molecule has 0 bridgehead atoms. The van der Waals surface area contributed by atoms with Crippen LogP contribution in [-0.2, 0) is 0 Å². The number of aromatic nitrogens is 1. The molecule has 0 aliphatic carbocycles. The minimum absolute atomic E-state index is 0.160. The summed E-state index contributed by atoms with van der Waals surface area (Å²) in [6, 6.07) is 0. The summed E-state index contributed by atoms with van der Waals surface area (Å²) in [5, 5.41) is 21.3. The van der Waals surface area contributed by atoms with E-state index in [4.69, 9.17) is 15.9 Å². The molecular formula is C10H18N4O3S. The Morgan fingerprint density at radius 1 is 1.44 bits per heavy atom. The Morgan fingerprint density at radius 3 is 2.56 bits per heavy atom. The molecule has 0 fully saturated rings. The van der Waals surface area contributed by atoms with Gasteiger partial charge < -0.3 is 26.2 Å². The van der Waals surface area contributed by atoms with Gasteiger partial charge in [-0.25, -0.2) is 4.98 Å². The summed E-state index contributed by atoms with van der Waals surface area (Å²) in [5.41, 5.74) is 5.69. The van der Waals surface area contributed by atoms with Gasteiger partial charge in [-0.05, 0) is 6.92 Å². The number of thiazole rings is 1. The standard InChI is InChI=1S/C10H18N4O3S/c1-2-12-10-13-8(11)7(18-10)9(17)14(3-5-15)4-6-16/h15-16H,2-6,11H2,1H3,(H,12,13). The van der Waals surface area contributed by atoms with Gasteiger partial charge in [-0.3, -0.25) is 4.79 Å². The molecular weight excluding hydrogens is 256 g/mol. The number of nitrogen functional groups attached to an aromatic ring is 1. The number of carbonyl (C=O) groups is 1. The molecule has 5 N–H and O–H groups in total. The molecule has 0 aliphatic rings. The van der Waals surface area contributed by atoms with E-state index in [9.17, 15) is 4.79 Å². The monoisotopic (exact) mass is 274 g/mol. The average molecular weight is 274 g/mol. The van der Waals surface area contributed by atoms with Crippen LogP contribution in [0.15, 0.2) is 0 Å². The van der Waals surface area contributed by atoms with Crippen LogP contribution in [0.3, 0.4) is 0 Å². The average Bonchev–Trinajstić information content (AvgIpc) is 2.70. The topological polar surface area (TPSA) is 112 Å². The molecule has 0 spiro atoms. The molecule has 8 heteroatoms. The van der Waals surface area contributed by atoms with Crippen LogP contribution in [0.4, 0.5) is 10.9 Å². The minimum atomic E-state index is -0.322. The number of rotatable bonds is 7. The van der Waals surface area contributed by atoms with Crippen LogP contribution in [-0.4, -0.2) is 58.9 Å². The number of hydrogen-bond donors (Lipinski definition) is 4. The molecule has 1 aromatic rings. The van der Waals surface area contributed by atoms with E-state index in [2.05, 4.69) is 10.3 Å². The van der Waals surface area contributed by atoms with Crippen LogP contribution in [0.5, 0.6) is 0 Å². The van der Waals surface area contributed by atoms with Gasteiger partial charge in [0.1, 0.15) is 10.7 Å². The molecule has 1 amide bonds. The van der Waals surface area contributed by atoms with Crippen molar-refractivity contribution in [3.05, 3.63) is 4.88 Å². The number of nitrogens with zero attached hydrogens (tertiary/aromatic N) is 2. The highest BCUT2D eigenvalue weighted by atomic mass is 32.1. The van der Waals surface area contributed by atoms with E-state index >= 15 is 0 Å². The zero-order valence-corrected chi connectivity index (χ0v) is 11.0. The van der Waals surface area contributed by atoms with Crippen molar-refractivity contribution in [2.45, 2.75) is 6.92 Å². The third-order valence-electron chi connectivity index (χ3n) is 2.20. The maximum atomic E-state index is 12.1. The number of nitrogens with two attached hydrogens (primary N) is 1. The van der Waals surface area contributed by atoms with Gasteiger partial charge in [0.05, 0.1) is 13.2 Å². The molecule has 1 heterocycles. The highest BCUT2D eigenvalue weighted by Gasteiger charge is 2.21. The van der Waals surface area contributed by atoms with E-state index < -0.39 is 0 Å². The summed E-state index contributed by atoms with van der Waals surface area (Å²) < 4.78 is 0. The first-order valence-corrected chi connectivity index (χ1v) is 6.46. The Labute approximate surface area is 109 Å². The van der Waals surface area contributed by atoms with E-state index in [1.165, 1.54) is 16.2 Å². The summed E-state index contributed by atoms with van der Waals surface area (Å²) in [7, 11) is 0. The van der Waals surface area contributed by atoms with Crippen LogP contribution in [0, 0.1) is 0 Å². The lowest BCUT2D eigenvalue weighted by molar-refractivity contribution is 0.0690. The first kappa shape index (κ1) is 14.7. The second-order valence-electron chi connectivity index (χ2n) is 3.50. The summed E-state index contributed by atoms with van der Waals surface area (Å²) >= 11 is 1.17. The number of anilines is 2. The Kier molecular flexibility index (Phi) is 5.83. The lowest BCUT2D eigenvalue weighted by Gasteiger charge is -2.19. The van der Waals surface area contributed by atoms with Crippen LogP contribution in [0.25, 0.3) is 0 Å². The number of carbonyl (C=O) groups excluding carboxylic acids is 1. The van der Waals surface area contributed by atoms with Gasteiger partial charge in [-0.1, -0.05) is 11.3 Å². The zero-order chi connectivity index (χ0) is 13.5. The first-order valence-electron chi connectivity index (χ1n) is 5.65. The Hall–Kier alpha value is -1.38. The quantitative estimate of drug-likeness (QED) is 0.537. The van der Waals surface area contributed by atoms with Crippen molar-refractivity contribution in [1.82, 2.24) is 9.88 Å². The number of amides is 1. The van der Waals surface area contributed by atoms with E-state index in [1.807, 2.05) is 6.92 Å². The van der Waals surface area contributed by atoms with E-state index in [0.29, 0.717) is 16.6 Å². The SMILES string of the molecule is CCNc1nc(N)c(C(=O)N(CCO)CCO)s1. The minimum Gasteiger partial charge on any atom is -0.395 e. The van der Waals surface area contributed by atoms with Crippen LogP contribution in [0.2, 0.25) is 0 Å². The van der Waals surface area contributed by atoms with Crippen LogP contribution < -0.4 is 11.1 Å². The lowest BCUT2D eigenvalue weighted by Crippen LogP contribution is -2.35. The largest absolute Gasteiger partial charge is 0.395 e. The molecule has 1 aromatic heterocycles. The predicted molar refractivity (Wildman–Crippen MR) is 70.8 cm³/mol. The van der Waals surface area contributed by atoms with Gasteiger partial charge in [-0.15, -0.1) is 0 Å². The van der Waals surface area contributed by atoms with Gasteiger partial charge in [0, 0.05) is 19.6 Å². The molecule has 1 rings (SSSR count). The van der Waals surface area contributed by atoms with Crippen molar-refractivity contribution in [2.24, 2.45) is 0 Å². The number of hydrogen-bond acceptors (Lipinski definition) is 7. The normalized spacial score (nSPS) is 10.4. The molecule has 0 unspecified atom stereocenters. The summed E-state index contributed by atoms with van der Waals surface area (Å²) in [4.78, 5) is 17.8. The summed E-state index contributed by atoms with van der Waals surface area (Å²) in [6.45, 7) is 2.61. The fourth-order valence-electron chi connectivity index (χ4n) is 1.41. The highest BCUT2D eigenvalue weighted by molar-refractivity contribution is 7.18. The fraction of sp³-hybridized carbons (Fsp3) is 0.600. The van der Waals surface area contributed by atoms with Crippen LogP contribution >= 0.6 is 11.3 Å². The van der Waals surface area contributed by atoms with Gasteiger partial charge in [-0.2, -0.15) is 0 Å². The lowest BCUT2D eigenvalue weighted by atomic mass is 10.4. The van der Waals surface area contributed by atoms with Gasteiger partial charge in [0.2, 0.25) is 0 Å². The van der Waals surface area contributed by atoms with Crippen molar-refractivity contribution >= 4 is 28.2 Å². The number of nitrogens with one attached hydrogen (secondary N) is 1. The van der Waals surface area contributed by atoms with Gasteiger partial charge in [0.15, 0.2) is 5.13 Å². The molecule has 0 saturated heterocycles. The zero-order valence-electron chi connectivity index (χ0n) is 10.2. The molecule has 0 aliphatic heterocycles. The van der Waals surface area contributed by atoms with Crippen molar-refractivity contribution in [2.75, 3.05) is 43.9 Å². The van der Waals surface area contributed by atoms with E-state index in [1.54, 1.807) is 0 Å². The van der Waals surface area contributed by atoms with Crippen LogP contribution in [0.1, 0.15) is 16.6 Å². The number of aliphatic hydroxyl groups is 2. The summed E-state index contributed by atoms with van der Waals surface area (Å²) in [6.07, 6.45) is 0. The Bertz CT molecular complexity index is 390. The maximum absolute atomic E-state index is 12.1. The van der Waals surface area contributed by atoms with Crippen molar-refractivity contribution in [3.63, 3.8) is 0 Å². The number of aliphatic hydroxyl groups excluding tert-OH is 2. The third-order valence-corrected chi connectivity index (χ3v) is 3.22. The second kappa shape index (κ2) is 7.14. The van der Waals surface area contributed by atoms with Crippen molar-refractivity contribution < 1.29 is 15.0 Å². The maximum Gasteiger partial charge on any atom is 0.268 e. The highest BCUT2D eigenvalue weighted by Crippen LogP contribution is 2.26. The van der Waals surface area contributed by atoms with E-state index in [0.717, 1.165) is 0 Å². The molecule has 102 valence electrons. The second-order valence-corrected chi connectivity index (χ2v) is 4.50. The Morgan fingerprint density at radius 2 is 2.06 bits per heavy atom. The molecule has 7 nitrogen and oxygen atoms in total. The summed E-state index contributed by atoms with van der Waals surface area (Å²) in [5.74, 6) is -0.154. The first-order chi connectivity index (χ1) is 8.63. The molecule has 0 saturated carbocycles. The van der Waals surface area contributed by atoms with E-state index in [-0.39, 0.29) is 38.0 Å². The van der Waals surface area contributed by atoms with Gasteiger partial charge in [0.25, 0.3) is 5.91 Å². The van der Waals surface area contributed by atoms with Gasteiger partial charge >= 0.3 is 0 Å².